The minimum absolute atomic E-state index is 0.00420. The summed E-state index contributed by atoms with van der Waals surface area (Å²) >= 11 is 0. The van der Waals surface area contributed by atoms with Gasteiger partial charge in [0.05, 0.1) is 28.8 Å². The van der Waals surface area contributed by atoms with Crippen molar-refractivity contribution in [2.24, 2.45) is 0 Å². The van der Waals surface area contributed by atoms with Crippen molar-refractivity contribution < 1.29 is 4.79 Å². The molecule has 0 bridgehead atoms. The number of nitriles is 1. The summed E-state index contributed by atoms with van der Waals surface area (Å²) in [4.78, 5) is 19.9. The Hall–Kier alpha value is -3.19. The normalized spacial score (nSPS) is 11.8. The monoisotopic (exact) mass is 357 g/mol. The maximum Gasteiger partial charge on any atom is 0.255 e. The van der Waals surface area contributed by atoms with E-state index in [-0.39, 0.29) is 11.9 Å². The maximum atomic E-state index is 13.4. The van der Waals surface area contributed by atoms with Crippen molar-refractivity contribution in [3.05, 3.63) is 76.5 Å². The number of fused-ring (bicyclic) bond motifs is 1. The van der Waals surface area contributed by atoms with Gasteiger partial charge in [-0.3, -0.25) is 9.78 Å². The van der Waals surface area contributed by atoms with Gasteiger partial charge in [-0.15, -0.1) is 0 Å². The molecule has 136 valence electrons. The second-order valence-electron chi connectivity index (χ2n) is 6.83. The van der Waals surface area contributed by atoms with E-state index in [0.29, 0.717) is 17.7 Å². The fourth-order valence-electron chi connectivity index (χ4n) is 3.41. The van der Waals surface area contributed by atoms with Gasteiger partial charge in [0, 0.05) is 17.6 Å². The molecule has 1 unspecified atom stereocenters. The largest absolute Gasteiger partial charge is 0.332 e. The molecule has 27 heavy (non-hydrogen) atoms. The van der Waals surface area contributed by atoms with Crippen molar-refractivity contribution in [3.63, 3.8) is 0 Å². The number of nitrogens with zero attached hydrogens (tertiary/aromatic N) is 3. The lowest BCUT2D eigenvalue weighted by molar-refractivity contribution is 0.0704. The zero-order valence-electron chi connectivity index (χ0n) is 16.2. The van der Waals surface area contributed by atoms with Crippen LogP contribution in [0.15, 0.2) is 48.5 Å². The van der Waals surface area contributed by atoms with Gasteiger partial charge in [-0.05, 0) is 63.6 Å². The average Bonchev–Trinajstić information content (AvgIpc) is 2.68. The second kappa shape index (κ2) is 7.59. The SMILES string of the molecule is CCN(C(=O)c1cc(C)nc2ccc(C)cc12)C(C)c1ccc(C#N)cc1. The number of amides is 1. The summed E-state index contributed by atoms with van der Waals surface area (Å²) in [7, 11) is 0. The second-order valence-corrected chi connectivity index (χ2v) is 6.83. The summed E-state index contributed by atoms with van der Waals surface area (Å²) in [6.07, 6.45) is 0. The number of pyridine rings is 1. The van der Waals surface area contributed by atoms with Gasteiger partial charge in [0.25, 0.3) is 5.91 Å². The Morgan fingerprint density at radius 2 is 1.85 bits per heavy atom. The minimum atomic E-state index is -0.0939. The number of carbonyl (C=O) groups excluding carboxylic acids is 1. The fraction of sp³-hybridized carbons (Fsp3) is 0.261. The van der Waals surface area contributed by atoms with Crippen LogP contribution in [0, 0.1) is 25.2 Å². The first-order chi connectivity index (χ1) is 12.9. The van der Waals surface area contributed by atoms with Gasteiger partial charge >= 0.3 is 0 Å². The van der Waals surface area contributed by atoms with E-state index >= 15 is 0 Å². The molecule has 0 saturated carbocycles. The van der Waals surface area contributed by atoms with Gasteiger partial charge in [-0.1, -0.05) is 23.8 Å². The van der Waals surface area contributed by atoms with Crippen LogP contribution in [0.2, 0.25) is 0 Å². The Morgan fingerprint density at radius 3 is 2.48 bits per heavy atom. The molecule has 1 heterocycles. The zero-order valence-corrected chi connectivity index (χ0v) is 16.2. The Balaban J connectivity index is 2.03. The van der Waals surface area contributed by atoms with E-state index in [1.54, 1.807) is 12.1 Å². The van der Waals surface area contributed by atoms with Crippen molar-refractivity contribution in [3.8, 4) is 6.07 Å². The topological polar surface area (TPSA) is 57.0 Å². The Bertz CT molecular complexity index is 1030. The van der Waals surface area contributed by atoms with E-state index < -0.39 is 0 Å². The lowest BCUT2D eigenvalue weighted by Gasteiger charge is -2.29. The predicted octanol–water partition coefficient (Wildman–Crippen LogP) is 4.95. The van der Waals surface area contributed by atoms with Gasteiger partial charge in [0.2, 0.25) is 0 Å². The first kappa shape index (κ1) is 18.6. The molecule has 0 fully saturated rings. The molecule has 0 N–H and O–H groups in total. The highest BCUT2D eigenvalue weighted by atomic mass is 16.2. The molecule has 0 aliphatic rings. The molecule has 3 aromatic rings. The first-order valence-electron chi connectivity index (χ1n) is 9.13. The van der Waals surface area contributed by atoms with E-state index in [9.17, 15) is 4.79 Å². The summed E-state index contributed by atoms with van der Waals surface area (Å²) in [5, 5.41) is 9.87. The Kier molecular flexibility index (Phi) is 5.23. The number of hydrogen-bond acceptors (Lipinski definition) is 3. The van der Waals surface area contributed by atoms with Crippen LogP contribution < -0.4 is 0 Å². The molecule has 0 saturated heterocycles. The lowest BCUT2D eigenvalue weighted by Crippen LogP contribution is -2.33. The third-order valence-electron chi connectivity index (χ3n) is 4.91. The van der Waals surface area contributed by atoms with E-state index in [2.05, 4.69) is 11.1 Å². The first-order valence-corrected chi connectivity index (χ1v) is 9.13. The van der Waals surface area contributed by atoms with Crippen LogP contribution in [0.25, 0.3) is 10.9 Å². The molecule has 3 rings (SSSR count). The van der Waals surface area contributed by atoms with Gasteiger partial charge in [-0.2, -0.15) is 5.26 Å². The highest BCUT2D eigenvalue weighted by Crippen LogP contribution is 2.26. The summed E-state index contributed by atoms with van der Waals surface area (Å²) in [6.45, 7) is 8.53. The number of aryl methyl sites for hydroxylation is 2. The number of benzene rings is 2. The average molecular weight is 357 g/mol. The molecule has 1 aromatic heterocycles. The van der Waals surface area contributed by atoms with Crippen molar-refractivity contribution in [2.45, 2.75) is 33.7 Å². The molecule has 4 nitrogen and oxygen atoms in total. The number of rotatable bonds is 4. The predicted molar refractivity (Wildman–Crippen MR) is 107 cm³/mol. The molecule has 1 amide bonds. The number of aromatic nitrogens is 1. The van der Waals surface area contributed by atoms with Crippen LogP contribution in [-0.4, -0.2) is 22.3 Å². The quantitative estimate of drug-likeness (QED) is 0.664. The number of carbonyl (C=O) groups is 1. The van der Waals surface area contributed by atoms with Crippen molar-refractivity contribution in [1.29, 1.82) is 5.26 Å². The summed E-state index contributed by atoms with van der Waals surface area (Å²) in [5.41, 5.74) is 5.08. The van der Waals surface area contributed by atoms with E-state index in [1.807, 2.05) is 69.0 Å². The number of hydrogen-bond donors (Lipinski definition) is 0. The van der Waals surface area contributed by atoms with Crippen molar-refractivity contribution in [1.82, 2.24) is 9.88 Å². The Morgan fingerprint density at radius 1 is 1.15 bits per heavy atom. The summed E-state index contributed by atoms with van der Waals surface area (Å²) < 4.78 is 0. The molecule has 0 aliphatic carbocycles. The van der Waals surface area contributed by atoms with E-state index in [0.717, 1.165) is 27.7 Å². The molecular formula is C23H23N3O. The van der Waals surface area contributed by atoms with E-state index in [1.165, 1.54) is 0 Å². The van der Waals surface area contributed by atoms with E-state index in [4.69, 9.17) is 5.26 Å². The highest BCUT2D eigenvalue weighted by Gasteiger charge is 2.23. The molecular weight excluding hydrogens is 334 g/mol. The van der Waals surface area contributed by atoms with Gasteiger partial charge in [0.1, 0.15) is 0 Å². The van der Waals surface area contributed by atoms with Crippen LogP contribution in [0.3, 0.4) is 0 Å². The van der Waals surface area contributed by atoms with Crippen LogP contribution in [0.1, 0.15) is 52.6 Å². The van der Waals surface area contributed by atoms with Crippen LogP contribution in [0.5, 0.6) is 0 Å². The van der Waals surface area contributed by atoms with Crippen molar-refractivity contribution in [2.75, 3.05) is 6.54 Å². The third-order valence-corrected chi connectivity index (χ3v) is 4.91. The van der Waals surface area contributed by atoms with Crippen LogP contribution in [-0.2, 0) is 0 Å². The van der Waals surface area contributed by atoms with Gasteiger partial charge in [0.15, 0.2) is 0 Å². The smallest absolute Gasteiger partial charge is 0.255 e. The third kappa shape index (κ3) is 3.68. The van der Waals surface area contributed by atoms with Crippen molar-refractivity contribution >= 4 is 16.8 Å². The Labute approximate surface area is 160 Å². The standard InChI is InChI=1S/C23H23N3O/c1-5-26(17(4)19-9-7-18(14-24)8-10-19)23(27)21-13-16(3)25-22-11-6-15(2)12-20(21)22/h6-13,17H,5H2,1-4H3. The molecule has 4 heteroatoms. The highest BCUT2D eigenvalue weighted by molar-refractivity contribution is 6.06. The maximum absolute atomic E-state index is 13.4. The molecule has 0 aliphatic heterocycles. The summed E-state index contributed by atoms with van der Waals surface area (Å²) in [6, 6.07) is 17.3. The lowest BCUT2D eigenvalue weighted by atomic mass is 10.0. The summed E-state index contributed by atoms with van der Waals surface area (Å²) in [5.74, 6) is -0.00420. The van der Waals surface area contributed by atoms with Gasteiger partial charge in [-0.25, -0.2) is 0 Å². The molecule has 0 radical (unpaired) electrons. The van der Waals surface area contributed by atoms with Crippen LogP contribution in [0.4, 0.5) is 0 Å². The zero-order chi connectivity index (χ0) is 19.6. The molecule has 1 atom stereocenters. The van der Waals surface area contributed by atoms with Crippen LogP contribution >= 0.6 is 0 Å². The van der Waals surface area contributed by atoms with Gasteiger partial charge < -0.3 is 4.90 Å². The molecule has 2 aromatic carbocycles. The minimum Gasteiger partial charge on any atom is -0.332 e. The molecule has 0 spiro atoms. The fourth-order valence-corrected chi connectivity index (χ4v) is 3.41.